The Bertz CT molecular complexity index is 926. The molecule has 7 heteroatoms. The van der Waals surface area contributed by atoms with Crippen molar-refractivity contribution in [2.45, 2.75) is 24.2 Å². The number of amides is 1. The van der Waals surface area contributed by atoms with E-state index in [1.54, 1.807) is 32.0 Å². The minimum Gasteiger partial charge on any atom is -0.493 e. The van der Waals surface area contributed by atoms with Gasteiger partial charge in [0.1, 0.15) is 0 Å². The second-order valence-corrected chi connectivity index (χ2v) is 8.12. The smallest absolute Gasteiger partial charge is 0.228 e. The van der Waals surface area contributed by atoms with Crippen molar-refractivity contribution in [1.82, 2.24) is 5.32 Å². The molecular formula is C23H27N3O3S. The standard InChI is InChI=1S/C23H27N3O3S/c1-28-20-7-5-17(14-21(20)29-2)8-10-25-11-9-23(27)26-12-3-13-30-22-15-18(16-24)4-6-19(22)26/h4-7,14-15,25H,3,8-13H2,1-2H3. The van der Waals surface area contributed by atoms with Crippen LogP contribution in [0, 0.1) is 11.3 Å². The van der Waals surface area contributed by atoms with Gasteiger partial charge in [0.25, 0.3) is 0 Å². The van der Waals surface area contributed by atoms with E-state index in [0.29, 0.717) is 18.5 Å². The number of hydrogen-bond donors (Lipinski definition) is 1. The largest absolute Gasteiger partial charge is 0.493 e. The lowest BCUT2D eigenvalue weighted by Gasteiger charge is -2.22. The van der Waals surface area contributed by atoms with Gasteiger partial charge in [0.2, 0.25) is 5.91 Å². The van der Waals surface area contributed by atoms with Gasteiger partial charge in [-0.25, -0.2) is 0 Å². The molecule has 0 aromatic heterocycles. The summed E-state index contributed by atoms with van der Waals surface area (Å²) >= 11 is 1.72. The van der Waals surface area contributed by atoms with Gasteiger partial charge in [-0.05, 0) is 61.0 Å². The molecule has 0 atom stereocenters. The summed E-state index contributed by atoms with van der Waals surface area (Å²) in [6.45, 7) is 2.12. The quantitative estimate of drug-likeness (QED) is 0.651. The first-order valence-electron chi connectivity index (χ1n) is 10.0. The summed E-state index contributed by atoms with van der Waals surface area (Å²) in [6.07, 6.45) is 2.23. The molecule has 158 valence electrons. The number of carbonyl (C=O) groups is 1. The van der Waals surface area contributed by atoms with Gasteiger partial charge in [-0.2, -0.15) is 5.26 Å². The number of thioether (sulfide) groups is 1. The van der Waals surface area contributed by atoms with Gasteiger partial charge in [-0.1, -0.05) is 6.07 Å². The van der Waals surface area contributed by atoms with Crippen molar-refractivity contribution in [1.29, 1.82) is 5.26 Å². The Kier molecular flexibility index (Phi) is 8.00. The SMILES string of the molecule is COc1ccc(CCNCCC(=O)N2CCCSc3cc(C#N)ccc32)cc1OC. The van der Waals surface area contributed by atoms with E-state index in [4.69, 9.17) is 14.7 Å². The van der Waals surface area contributed by atoms with Crippen LogP contribution >= 0.6 is 11.8 Å². The van der Waals surface area contributed by atoms with Crippen LogP contribution in [-0.2, 0) is 11.2 Å². The lowest BCUT2D eigenvalue weighted by atomic mass is 10.1. The Morgan fingerprint density at radius 3 is 2.77 bits per heavy atom. The van der Waals surface area contributed by atoms with E-state index < -0.39 is 0 Å². The van der Waals surface area contributed by atoms with Gasteiger partial charge in [-0.3, -0.25) is 4.79 Å². The molecule has 0 saturated heterocycles. The third-order valence-electron chi connectivity index (χ3n) is 5.02. The van der Waals surface area contributed by atoms with Gasteiger partial charge in [-0.15, -0.1) is 11.8 Å². The number of methoxy groups -OCH3 is 2. The van der Waals surface area contributed by atoms with E-state index in [1.807, 2.05) is 35.2 Å². The molecule has 1 amide bonds. The maximum Gasteiger partial charge on any atom is 0.228 e. The minimum atomic E-state index is 0.113. The zero-order chi connectivity index (χ0) is 21.3. The number of ether oxygens (including phenoxy) is 2. The topological polar surface area (TPSA) is 74.6 Å². The zero-order valence-corrected chi connectivity index (χ0v) is 18.3. The number of carbonyl (C=O) groups excluding carboxylic acids is 1. The van der Waals surface area contributed by atoms with Crippen molar-refractivity contribution in [3.63, 3.8) is 0 Å². The van der Waals surface area contributed by atoms with Crippen molar-refractivity contribution < 1.29 is 14.3 Å². The number of nitriles is 1. The zero-order valence-electron chi connectivity index (χ0n) is 17.4. The maximum atomic E-state index is 12.8. The Balaban J connectivity index is 1.50. The van der Waals surface area contributed by atoms with Gasteiger partial charge in [0, 0.05) is 24.4 Å². The second kappa shape index (κ2) is 10.9. The molecule has 1 aliphatic heterocycles. The van der Waals surface area contributed by atoms with Gasteiger partial charge in [0.05, 0.1) is 31.5 Å². The molecule has 3 rings (SSSR count). The summed E-state index contributed by atoms with van der Waals surface area (Å²) in [5.41, 5.74) is 2.71. The Labute approximate surface area is 182 Å². The van der Waals surface area contributed by atoms with Crippen LogP contribution in [0.5, 0.6) is 11.5 Å². The number of nitrogens with zero attached hydrogens (tertiary/aromatic N) is 2. The molecular weight excluding hydrogens is 398 g/mol. The van der Waals surface area contributed by atoms with Gasteiger partial charge >= 0.3 is 0 Å². The Morgan fingerprint density at radius 1 is 1.17 bits per heavy atom. The van der Waals surface area contributed by atoms with Crippen molar-refractivity contribution in [2.24, 2.45) is 0 Å². The first kappa shape index (κ1) is 22.0. The van der Waals surface area contributed by atoms with Crippen LogP contribution in [0.15, 0.2) is 41.3 Å². The fraction of sp³-hybridized carbons (Fsp3) is 0.391. The van der Waals surface area contributed by atoms with E-state index in [0.717, 1.165) is 59.3 Å². The second-order valence-electron chi connectivity index (χ2n) is 6.98. The average molecular weight is 426 g/mol. The van der Waals surface area contributed by atoms with E-state index in [2.05, 4.69) is 11.4 Å². The van der Waals surface area contributed by atoms with Crippen LogP contribution in [0.25, 0.3) is 0 Å². The Hall–Kier alpha value is -2.69. The molecule has 0 aliphatic carbocycles. The number of anilines is 1. The third kappa shape index (κ3) is 5.47. The van der Waals surface area contributed by atoms with Gasteiger partial charge in [0.15, 0.2) is 11.5 Å². The lowest BCUT2D eigenvalue weighted by Crippen LogP contribution is -2.34. The average Bonchev–Trinajstić information content (AvgIpc) is 3.00. The highest BCUT2D eigenvalue weighted by molar-refractivity contribution is 7.99. The lowest BCUT2D eigenvalue weighted by molar-refractivity contribution is -0.118. The van der Waals surface area contributed by atoms with Crippen molar-refractivity contribution in [3.05, 3.63) is 47.5 Å². The van der Waals surface area contributed by atoms with Crippen LogP contribution in [0.1, 0.15) is 24.0 Å². The van der Waals surface area contributed by atoms with Crippen molar-refractivity contribution in [2.75, 3.05) is 44.5 Å². The minimum absolute atomic E-state index is 0.113. The van der Waals surface area contributed by atoms with Crippen LogP contribution in [0.3, 0.4) is 0 Å². The monoisotopic (exact) mass is 425 g/mol. The molecule has 0 saturated carbocycles. The highest BCUT2D eigenvalue weighted by atomic mass is 32.2. The predicted octanol–water partition coefficient (Wildman–Crippen LogP) is 3.63. The molecule has 0 bridgehead atoms. The molecule has 0 fully saturated rings. The van der Waals surface area contributed by atoms with Crippen LogP contribution in [0.2, 0.25) is 0 Å². The molecule has 1 aliphatic rings. The van der Waals surface area contributed by atoms with Crippen LogP contribution in [0.4, 0.5) is 5.69 Å². The van der Waals surface area contributed by atoms with E-state index >= 15 is 0 Å². The summed E-state index contributed by atoms with van der Waals surface area (Å²) < 4.78 is 10.6. The van der Waals surface area contributed by atoms with Crippen LogP contribution in [-0.4, -0.2) is 45.5 Å². The highest BCUT2D eigenvalue weighted by Crippen LogP contribution is 2.35. The van der Waals surface area contributed by atoms with Crippen LogP contribution < -0.4 is 19.7 Å². The molecule has 30 heavy (non-hydrogen) atoms. The summed E-state index contributed by atoms with van der Waals surface area (Å²) in [7, 11) is 3.26. The predicted molar refractivity (Wildman–Crippen MR) is 120 cm³/mol. The molecule has 1 N–H and O–H groups in total. The molecule has 1 heterocycles. The van der Waals surface area contributed by atoms with Crippen molar-refractivity contribution in [3.8, 4) is 17.6 Å². The Morgan fingerprint density at radius 2 is 2.00 bits per heavy atom. The van der Waals surface area contributed by atoms with Crippen molar-refractivity contribution >= 4 is 23.4 Å². The van der Waals surface area contributed by atoms with E-state index in [-0.39, 0.29) is 5.91 Å². The number of fused-ring (bicyclic) bond motifs is 1. The number of benzene rings is 2. The first-order valence-corrected chi connectivity index (χ1v) is 11.0. The molecule has 2 aromatic carbocycles. The van der Waals surface area contributed by atoms with E-state index in [9.17, 15) is 4.79 Å². The molecule has 6 nitrogen and oxygen atoms in total. The number of rotatable bonds is 8. The molecule has 0 spiro atoms. The normalized spacial score (nSPS) is 13.2. The third-order valence-corrected chi connectivity index (χ3v) is 6.15. The summed E-state index contributed by atoms with van der Waals surface area (Å²) in [4.78, 5) is 15.7. The fourth-order valence-electron chi connectivity index (χ4n) is 3.43. The number of hydrogen-bond acceptors (Lipinski definition) is 6. The first-order chi connectivity index (χ1) is 14.7. The molecule has 2 aromatic rings. The highest BCUT2D eigenvalue weighted by Gasteiger charge is 2.21. The molecule has 0 unspecified atom stereocenters. The summed E-state index contributed by atoms with van der Waals surface area (Å²) in [5, 5.41) is 12.5. The summed E-state index contributed by atoms with van der Waals surface area (Å²) in [6, 6.07) is 13.6. The van der Waals surface area contributed by atoms with E-state index in [1.165, 1.54) is 0 Å². The maximum absolute atomic E-state index is 12.8. The summed E-state index contributed by atoms with van der Waals surface area (Å²) in [5.74, 6) is 2.51. The fourth-order valence-corrected chi connectivity index (χ4v) is 4.46. The van der Waals surface area contributed by atoms with Gasteiger partial charge < -0.3 is 19.7 Å². The molecule has 0 radical (unpaired) electrons. The number of nitrogens with one attached hydrogen (secondary N) is 1.